The van der Waals surface area contributed by atoms with E-state index < -0.39 is 0 Å². The van der Waals surface area contributed by atoms with Gasteiger partial charge < -0.3 is 4.98 Å². The van der Waals surface area contributed by atoms with Crippen molar-refractivity contribution in [3.63, 3.8) is 0 Å². The Morgan fingerprint density at radius 2 is 1.94 bits per heavy atom. The zero-order valence-corrected chi connectivity index (χ0v) is 10.7. The van der Waals surface area contributed by atoms with Crippen molar-refractivity contribution in [2.24, 2.45) is 0 Å². The average Bonchev–Trinajstić information content (AvgIpc) is 2.78. The van der Waals surface area contributed by atoms with E-state index in [9.17, 15) is 0 Å². The predicted molar refractivity (Wildman–Crippen MR) is 66.5 cm³/mol. The molecule has 2 aromatic rings. The highest BCUT2D eigenvalue weighted by Gasteiger charge is 2.10. The van der Waals surface area contributed by atoms with Gasteiger partial charge in [0.15, 0.2) is 5.65 Å². The van der Waals surface area contributed by atoms with Gasteiger partial charge in [0.1, 0.15) is 11.3 Å². The number of hydrogen-bond donors (Lipinski definition) is 1. The van der Waals surface area contributed by atoms with Crippen LogP contribution < -0.4 is 0 Å². The monoisotopic (exact) mass is 220 g/mol. The Balaban J connectivity index is 0.000000606. The molecule has 0 aliphatic heterocycles. The van der Waals surface area contributed by atoms with E-state index in [-0.39, 0.29) is 0 Å². The molecule has 1 N–H and O–H groups in total. The molecular weight excluding hydrogens is 200 g/mol. The number of fused-ring (bicyclic) bond motifs is 1. The third-order valence-electron chi connectivity index (χ3n) is 2.23. The second-order valence-electron chi connectivity index (χ2n) is 3.64. The van der Waals surface area contributed by atoms with Crippen LogP contribution in [0.1, 0.15) is 52.1 Å². The minimum absolute atomic E-state index is 0.349. The van der Waals surface area contributed by atoms with E-state index in [4.69, 9.17) is 0 Å². The van der Waals surface area contributed by atoms with E-state index in [0.29, 0.717) is 5.92 Å². The van der Waals surface area contributed by atoms with Crippen molar-refractivity contribution in [3.05, 3.63) is 17.8 Å². The Morgan fingerprint density at radius 1 is 1.25 bits per heavy atom. The van der Waals surface area contributed by atoms with Gasteiger partial charge in [0.2, 0.25) is 0 Å². The summed E-state index contributed by atoms with van der Waals surface area (Å²) in [6.45, 7) is 10.3. The lowest BCUT2D eigenvalue weighted by atomic mass is 10.2. The van der Waals surface area contributed by atoms with Crippen LogP contribution >= 0.6 is 0 Å². The standard InChI is InChI=1S/C10H14N4.C2H6/c1-4-7-8-10(12-5-11-8)14-9(13-7)6(2)3;1-2/h5-6H,4H2,1-3H3,(H,11,12,13,14);1-2H3. The number of aryl methyl sites for hydroxylation is 1. The summed E-state index contributed by atoms with van der Waals surface area (Å²) in [6.07, 6.45) is 2.57. The first-order valence-corrected chi connectivity index (χ1v) is 5.92. The second kappa shape index (κ2) is 5.58. The van der Waals surface area contributed by atoms with Gasteiger partial charge in [-0.3, -0.25) is 0 Å². The Hall–Kier alpha value is -1.45. The fraction of sp³-hybridized carbons (Fsp3) is 0.583. The third-order valence-corrected chi connectivity index (χ3v) is 2.23. The van der Waals surface area contributed by atoms with Gasteiger partial charge in [0, 0.05) is 5.92 Å². The molecule has 4 heteroatoms. The van der Waals surface area contributed by atoms with Crippen LogP contribution in [0.15, 0.2) is 6.33 Å². The van der Waals surface area contributed by atoms with Crippen LogP contribution in [0.3, 0.4) is 0 Å². The fourth-order valence-electron chi connectivity index (χ4n) is 1.43. The molecule has 88 valence electrons. The molecule has 0 fully saturated rings. The molecule has 0 bridgehead atoms. The largest absolute Gasteiger partial charge is 0.342 e. The molecule has 0 aliphatic carbocycles. The number of aromatic amines is 1. The molecule has 2 heterocycles. The van der Waals surface area contributed by atoms with Gasteiger partial charge in [-0.15, -0.1) is 0 Å². The van der Waals surface area contributed by atoms with E-state index >= 15 is 0 Å². The molecule has 0 radical (unpaired) electrons. The van der Waals surface area contributed by atoms with Crippen molar-refractivity contribution in [2.45, 2.75) is 47.0 Å². The molecule has 0 aromatic carbocycles. The molecule has 0 unspecified atom stereocenters. The summed E-state index contributed by atoms with van der Waals surface area (Å²) in [5, 5.41) is 0. The maximum Gasteiger partial charge on any atom is 0.181 e. The van der Waals surface area contributed by atoms with Crippen LogP contribution in [0, 0.1) is 0 Å². The van der Waals surface area contributed by atoms with E-state index in [2.05, 4.69) is 40.7 Å². The molecule has 2 aromatic heterocycles. The first-order chi connectivity index (χ1) is 7.72. The number of nitrogens with one attached hydrogen (secondary N) is 1. The topological polar surface area (TPSA) is 54.5 Å². The number of aromatic nitrogens is 4. The van der Waals surface area contributed by atoms with Crippen molar-refractivity contribution in [3.8, 4) is 0 Å². The molecule has 0 spiro atoms. The number of hydrogen-bond acceptors (Lipinski definition) is 3. The van der Waals surface area contributed by atoms with Crippen molar-refractivity contribution in [2.75, 3.05) is 0 Å². The molecule has 16 heavy (non-hydrogen) atoms. The lowest BCUT2D eigenvalue weighted by Gasteiger charge is -2.05. The number of rotatable bonds is 2. The quantitative estimate of drug-likeness (QED) is 0.846. The SMILES string of the molecule is CC.CCc1nc(C(C)C)nc2nc[nH]c12. The van der Waals surface area contributed by atoms with Crippen LogP contribution in [0.25, 0.3) is 11.2 Å². The molecule has 0 saturated heterocycles. The van der Waals surface area contributed by atoms with Gasteiger partial charge in [-0.25, -0.2) is 15.0 Å². The molecule has 2 rings (SSSR count). The fourth-order valence-corrected chi connectivity index (χ4v) is 1.43. The molecule has 0 atom stereocenters. The van der Waals surface area contributed by atoms with E-state index in [0.717, 1.165) is 29.1 Å². The molecule has 0 amide bonds. The minimum Gasteiger partial charge on any atom is -0.342 e. The number of nitrogens with zero attached hydrogens (tertiary/aromatic N) is 3. The first-order valence-electron chi connectivity index (χ1n) is 5.92. The molecular formula is C12H20N4. The Labute approximate surface area is 96.5 Å². The zero-order valence-electron chi connectivity index (χ0n) is 10.7. The maximum absolute atomic E-state index is 4.51. The van der Waals surface area contributed by atoms with Gasteiger partial charge in [-0.05, 0) is 6.42 Å². The van der Waals surface area contributed by atoms with Crippen molar-refractivity contribution >= 4 is 11.2 Å². The summed E-state index contributed by atoms with van der Waals surface area (Å²) < 4.78 is 0. The van der Waals surface area contributed by atoms with Gasteiger partial charge in [0.05, 0.1) is 12.0 Å². The second-order valence-corrected chi connectivity index (χ2v) is 3.64. The highest BCUT2D eigenvalue weighted by Crippen LogP contribution is 2.16. The number of H-pyrrole nitrogens is 1. The van der Waals surface area contributed by atoms with E-state index in [1.165, 1.54) is 0 Å². The van der Waals surface area contributed by atoms with Crippen LogP contribution in [0.2, 0.25) is 0 Å². The average molecular weight is 220 g/mol. The number of imidazole rings is 1. The predicted octanol–water partition coefficient (Wildman–Crippen LogP) is 3.06. The summed E-state index contributed by atoms with van der Waals surface area (Å²) >= 11 is 0. The first kappa shape index (κ1) is 12.6. The summed E-state index contributed by atoms with van der Waals surface area (Å²) in [5.74, 6) is 1.22. The minimum atomic E-state index is 0.349. The van der Waals surface area contributed by atoms with Crippen LogP contribution in [-0.2, 0) is 6.42 Å². The lowest BCUT2D eigenvalue weighted by molar-refractivity contribution is 0.768. The summed E-state index contributed by atoms with van der Waals surface area (Å²) in [7, 11) is 0. The van der Waals surface area contributed by atoms with Crippen LogP contribution in [0.5, 0.6) is 0 Å². The molecule has 4 nitrogen and oxygen atoms in total. The lowest BCUT2D eigenvalue weighted by Crippen LogP contribution is -2.01. The van der Waals surface area contributed by atoms with Crippen molar-refractivity contribution in [1.82, 2.24) is 19.9 Å². The maximum atomic E-state index is 4.51. The molecule has 0 aliphatic rings. The summed E-state index contributed by atoms with van der Waals surface area (Å²) in [6, 6.07) is 0. The Morgan fingerprint density at radius 3 is 2.50 bits per heavy atom. The smallest absolute Gasteiger partial charge is 0.181 e. The van der Waals surface area contributed by atoms with Gasteiger partial charge in [-0.2, -0.15) is 0 Å². The molecule has 0 saturated carbocycles. The van der Waals surface area contributed by atoms with Crippen molar-refractivity contribution in [1.29, 1.82) is 0 Å². The summed E-state index contributed by atoms with van der Waals surface area (Å²) in [5.41, 5.74) is 2.80. The van der Waals surface area contributed by atoms with Crippen molar-refractivity contribution < 1.29 is 0 Å². The zero-order chi connectivity index (χ0) is 12.1. The van der Waals surface area contributed by atoms with Gasteiger partial charge in [-0.1, -0.05) is 34.6 Å². The van der Waals surface area contributed by atoms with E-state index in [1.807, 2.05) is 13.8 Å². The van der Waals surface area contributed by atoms with E-state index in [1.54, 1.807) is 6.33 Å². The van der Waals surface area contributed by atoms with Gasteiger partial charge >= 0.3 is 0 Å². The van der Waals surface area contributed by atoms with Crippen LogP contribution in [0.4, 0.5) is 0 Å². The van der Waals surface area contributed by atoms with Gasteiger partial charge in [0.25, 0.3) is 0 Å². The Kier molecular flexibility index (Phi) is 4.40. The van der Waals surface area contributed by atoms with Crippen LogP contribution in [-0.4, -0.2) is 19.9 Å². The Bertz CT molecular complexity index is 445. The normalized spacial score (nSPS) is 10.4. The summed E-state index contributed by atoms with van der Waals surface area (Å²) in [4.78, 5) is 16.1. The highest BCUT2D eigenvalue weighted by atomic mass is 15.0. The highest BCUT2D eigenvalue weighted by molar-refractivity contribution is 5.72. The third kappa shape index (κ3) is 2.38.